The molecule has 3 heteroatoms. The van der Waals surface area contributed by atoms with Crippen LogP contribution >= 0.6 is 11.8 Å². The van der Waals surface area contributed by atoms with Crippen LogP contribution in [0.2, 0.25) is 0 Å². The van der Waals surface area contributed by atoms with Crippen molar-refractivity contribution in [2.45, 2.75) is 25.2 Å². The molecule has 1 fully saturated rings. The molecular formula is C13H16O2S. The van der Waals surface area contributed by atoms with Crippen LogP contribution < -0.4 is 0 Å². The van der Waals surface area contributed by atoms with Gasteiger partial charge in [0.15, 0.2) is 0 Å². The second-order valence-corrected chi connectivity index (χ2v) is 5.35. The predicted molar refractivity (Wildman–Crippen MR) is 67.1 cm³/mol. The van der Waals surface area contributed by atoms with Gasteiger partial charge in [0.05, 0.1) is 0 Å². The van der Waals surface area contributed by atoms with Crippen molar-refractivity contribution in [3.05, 3.63) is 35.4 Å². The fourth-order valence-electron chi connectivity index (χ4n) is 2.01. The first-order valence-corrected chi connectivity index (χ1v) is 6.79. The van der Waals surface area contributed by atoms with Gasteiger partial charge >= 0.3 is 5.97 Å². The van der Waals surface area contributed by atoms with Gasteiger partial charge in [-0.3, -0.25) is 4.79 Å². The van der Waals surface area contributed by atoms with Crippen LogP contribution in [0, 0.1) is 0 Å². The minimum atomic E-state index is -0.726. The maximum absolute atomic E-state index is 10.4. The van der Waals surface area contributed by atoms with Crippen molar-refractivity contribution in [2.24, 2.45) is 0 Å². The molecule has 1 aromatic rings. The van der Waals surface area contributed by atoms with Gasteiger partial charge in [0.2, 0.25) is 0 Å². The van der Waals surface area contributed by atoms with Gasteiger partial charge in [0.1, 0.15) is 0 Å². The number of carboxylic acid groups (broad SMARTS) is 1. The second kappa shape index (κ2) is 5.39. The summed E-state index contributed by atoms with van der Waals surface area (Å²) in [6, 6.07) is 8.46. The smallest absolute Gasteiger partial charge is 0.303 e. The molecule has 1 N–H and O–H groups in total. The van der Waals surface area contributed by atoms with Gasteiger partial charge in [-0.05, 0) is 35.6 Å². The standard InChI is InChI=1S/C13H16O2S/c14-13(15)6-3-10-1-4-11(5-2-10)12-7-8-16-9-12/h1-2,4-5,12H,3,6-9H2,(H,14,15). The molecule has 1 unspecified atom stereocenters. The number of rotatable bonds is 4. The van der Waals surface area contributed by atoms with Crippen LogP contribution in [0.5, 0.6) is 0 Å². The predicted octanol–water partition coefficient (Wildman–Crippen LogP) is 2.92. The van der Waals surface area contributed by atoms with E-state index in [9.17, 15) is 4.79 Å². The highest BCUT2D eigenvalue weighted by atomic mass is 32.2. The highest BCUT2D eigenvalue weighted by Crippen LogP contribution is 2.32. The summed E-state index contributed by atoms with van der Waals surface area (Å²) >= 11 is 2.02. The molecule has 1 aromatic carbocycles. The van der Waals surface area contributed by atoms with Crippen molar-refractivity contribution in [3.63, 3.8) is 0 Å². The Bertz CT molecular complexity index is 353. The average molecular weight is 236 g/mol. The van der Waals surface area contributed by atoms with Gasteiger partial charge in [0, 0.05) is 12.2 Å². The highest BCUT2D eigenvalue weighted by molar-refractivity contribution is 7.99. The van der Waals surface area contributed by atoms with Crippen LogP contribution in [-0.4, -0.2) is 22.6 Å². The number of hydrogen-bond acceptors (Lipinski definition) is 2. The number of aliphatic carboxylic acids is 1. The Morgan fingerprint density at radius 1 is 1.38 bits per heavy atom. The summed E-state index contributed by atoms with van der Waals surface area (Å²) in [4.78, 5) is 10.4. The molecule has 0 aromatic heterocycles. The monoisotopic (exact) mass is 236 g/mol. The quantitative estimate of drug-likeness (QED) is 0.873. The minimum absolute atomic E-state index is 0.221. The Morgan fingerprint density at radius 2 is 2.12 bits per heavy atom. The molecule has 1 saturated heterocycles. The van der Waals surface area contributed by atoms with E-state index in [0.29, 0.717) is 12.3 Å². The Kier molecular flexibility index (Phi) is 3.88. The first-order chi connectivity index (χ1) is 7.75. The van der Waals surface area contributed by atoms with E-state index in [2.05, 4.69) is 24.3 Å². The molecule has 1 heterocycles. The Balaban J connectivity index is 1.95. The van der Waals surface area contributed by atoms with E-state index in [-0.39, 0.29) is 6.42 Å². The highest BCUT2D eigenvalue weighted by Gasteiger charge is 2.16. The number of thioether (sulfide) groups is 1. The van der Waals surface area contributed by atoms with Crippen LogP contribution in [0.3, 0.4) is 0 Å². The van der Waals surface area contributed by atoms with E-state index < -0.39 is 5.97 Å². The summed E-state index contributed by atoms with van der Waals surface area (Å²) in [7, 11) is 0. The van der Waals surface area contributed by atoms with Gasteiger partial charge in [-0.2, -0.15) is 11.8 Å². The molecule has 2 rings (SSSR count). The molecule has 0 aliphatic carbocycles. The number of carbonyl (C=O) groups is 1. The fourth-order valence-corrected chi connectivity index (χ4v) is 3.27. The molecule has 2 nitrogen and oxygen atoms in total. The van der Waals surface area contributed by atoms with Gasteiger partial charge in [-0.15, -0.1) is 0 Å². The second-order valence-electron chi connectivity index (χ2n) is 4.20. The third kappa shape index (κ3) is 3.01. The first kappa shape index (κ1) is 11.5. The van der Waals surface area contributed by atoms with Crippen LogP contribution in [0.1, 0.15) is 29.9 Å². The zero-order valence-corrected chi connectivity index (χ0v) is 10.0. The molecule has 0 radical (unpaired) electrons. The maximum atomic E-state index is 10.4. The van der Waals surface area contributed by atoms with Crippen molar-refractivity contribution in [2.75, 3.05) is 11.5 Å². The molecule has 1 aliphatic heterocycles. The van der Waals surface area contributed by atoms with E-state index >= 15 is 0 Å². The van der Waals surface area contributed by atoms with Gasteiger partial charge in [0.25, 0.3) is 0 Å². The van der Waals surface area contributed by atoms with Crippen LogP contribution in [0.15, 0.2) is 24.3 Å². The lowest BCUT2D eigenvalue weighted by Gasteiger charge is -2.09. The maximum Gasteiger partial charge on any atom is 0.303 e. The average Bonchev–Trinajstić information content (AvgIpc) is 2.80. The van der Waals surface area contributed by atoms with E-state index in [1.165, 1.54) is 23.5 Å². The van der Waals surface area contributed by atoms with E-state index in [1.54, 1.807) is 0 Å². The Hall–Kier alpha value is -0.960. The molecular weight excluding hydrogens is 220 g/mol. The van der Waals surface area contributed by atoms with Crippen LogP contribution in [-0.2, 0) is 11.2 Å². The fraction of sp³-hybridized carbons (Fsp3) is 0.462. The summed E-state index contributed by atoms with van der Waals surface area (Å²) in [5.74, 6) is 2.48. The number of aryl methyl sites for hydroxylation is 1. The lowest BCUT2D eigenvalue weighted by Crippen LogP contribution is -1.99. The van der Waals surface area contributed by atoms with Crippen LogP contribution in [0.25, 0.3) is 0 Å². The minimum Gasteiger partial charge on any atom is -0.481 e. The van der Waals surface area contributed by atoms with Crippen molar-refractivity contribution in [3.8, 4) is 0 Å². The van der Waals surface area contributed by atoms with Crippen LogP contribution in [0.4, 0.5) is 0 Å². The Labute approximate surface area is 100 Å². The van der Waals surface area contributed by atoms with Crippen molar-refractivity contribution >= 4 is 17.7 Å². The first-order valence-electron chi connectivity index (χ1n) is 5.64. The summed E-state index contributed by atoms with van der Waals surface area (Å²) in [5, 5.41) is 8.60. The summed E-state index contributed by atoms with van der Waals surface area (Å²) < 4.78 is 0. The zero-order chi connectivity index (χ0) is 11.4. The number of benzene rings is 1. The molecule has 0 bridgehead atoms. The van der Waals surface area contributed by atoms with E-state index in [1.807, 2.05) is 11.8 Å². The molecule has 86 valence electrons. The molecule has 16 heavy (non-hydrogen) atoms. The van der Waals surface area contributed by atoms with E-state index in [4.69, 9.17) is 5.11 Å². The topological polar surface area (TPSA) is 37.3 Å². The lowest BCUT2D eigenvalue weighted by molar-refractivity contribution is -0.136. The SMILES string of the molecule is O=C(O)CCc1ccc(C2CCSC2)cc1. The normalized spacial score (nSPS) is 19.9. The summed E-state index contributed by atoms with van der Waals surface area (Å²) in [5.41, 5.74) is 2.53. The third-order valence-corrected chi connectivity index (χ3v) is 4.17. The molecule has 0 amide bonds. The number of hydrogen-bond donors (Lipinski definition) is 1. The molecule has 0 spiro atoms. The van der Waals surface area contributed by atoms with Gasteiger partial charge in [-0.25, -0.2) is 0 Å². The summed E-state index contributed by atoms with van der Waals surface area (Å²) in [6.45, 7) is 0. The van der Waals surface area contributed by atoms with Crippen molar-refractivity contribution in [1.82, 2.24) is 0 Å². The molecule has 1 aliphatic rings. The zero-order valence-electron chi connectivity index (χ0n) is 9.19. The van der Waals surface area contributed by atoms with E-state index in [0.717, 1.165) is 5.56 Å². The summed E-state index contributed by atoms with van der Waals surface area (Å²) in [6.07, 6.45) is 2.13. The van der Waals surface area contributed by atoms with Gasteiger partial charge in [-0.1, -0.05) is 24.3 Å². The van der Waals surface area contributed by atoms with Crippen molar-refractivity contribution < 1.29 is 9.90 Å². The number of carboxylic acids is 1. The molecule has 1 atom stereocenters. The van der Waals surface area contributed by atoms with Crippen molar-refractivity contribution in [1.29, 1.82) is 0 Å². The largest absolute Gasteiger partial charge is 0.481 e. The van der Waals surface area contributed by atoms with Gasteiger partial charge < -0.3 is 5.11 Å². The molecule has 0 saturated carbocycles. The third-order valence-electron chi connectivity index (χ3n) is 3.01. The Morgan fingerprint density at radius 3 is 2.69 bits per heavy atom. The lowest BCUT2D eigenvalue weighted by atomic mass is 9.97.